The van der Waals surface area contributed by atoms with Gasteiger partial charge in [-0.05, 0) is 23.6 Å². The Kier molecular flexibility index (Phi) is 3.23. The molecule has 0 aliphatic carbocycles. The van der Waals surface area contributed by atoms with Crippen LogP contribution >= 0.6 is 0 Å². The van der Waals surface area contributed by atoms with Gasteiger partial charge in [0, 0.05) is 19.2 Å². The van der Waals surface area contributed by atoms with Crippen molar-refractivity contribution in [1.29, 1.82) is 0 Å². The van der Waals surface area contributed by atoms with E-state index < -0.39 is 10.0 Å². The summed E-state index contributed by atoms with van der Waals surface area (Å²) in [6.07, 6.45) is 4.68. The molecule has 0 radical (unpaired) electrons. The normalized spacial score (nSPS) is 14.1. The van der Waals surface area contributed by atoms with E-state index in [1.54, 1.807) is 4.57 Å². The first-order chi connectivity index (χ1) is 9.52. The van der Waals surface area contributed by atoms with Gasteiger partial charge in [-0.1, -0.05) is 12.1 Å². The second kappa shape index (κ2) is 4.92. The summed E-state index contributed by atoms with van der Waals surface area (Å²) in [5, 5.41) is 4.92. The van der Waals surface area contributed by atoms with Crippen molar-refractivity contribution >= 4 is 10.0 Å². The number of ether oxygens (including phenoxy) is 1. The fourth-order valence-electron chi connectivity index (χ4n) is 2.26. The van der Waals surface area contributed by atoms with E-state index in [1.807, 2.05) is 12.1 Å². The van der Waals surface area contributed by atoms with Crippen LogP contribution < -0.4 is 9.88 Å². The third-order valence-electron chi connectivity index (χ3n) is 3.31. The lowest BCUT2D eigenvalue weighted by molar-refractivity contribution is 0.357. The molecule has 1 aromatic heterocycles. The molecule has 0 saturated heterocycles. The highest BCUT2D eigenvalue weighted by atomic mass is 32.2. The second-order valence-corrected chi connectivity index (χ2v) is 6.29. The summed E-state index contributed by atoms with van der Waals surface area (Å²) in [4.78, 5) is 3.79. The smallest absolute Gasteiger partial charge is 0.257 e. The molecular weight excluding hydrogens is 278 g/mol. The van der Waals surface area contributed by atoms with E-state index in [2.05, 4.69) is 11.1 Å². The third kappa shape index (κ3) is 2.68. The van der Waals surface area contributed by atoms with Crippen LogP contribution in [0, 0.1) is 0 Å². The molecular formula is C13H15N3O3S. The van der Waals surface area contributed by atoms with Gasteiger partial charge in [-0.15, -0.1) is 0 Å². The summed E-state index contributed by atoms with van der Waals surface area (Å²) in [5.74, 6) is 0.966. The molecule has 0 spiro atoms. The van der Waals surface area contributed by atoms with Crippen LogP contribution in [-0.2, 0) is 29.4 Å². The molecule has 3 rings (SSSR count). The zero-order chi connectivity index (χ0) is 14.2. The van der Waals surface area contributed by atoms with Crippen LogP contribution in [0.25, 0.3) is 0 Å². The van der Waals surface area contributed by atoms with Crippen molar-refractivity contribution in [3.8, 4) is 5.75 Å². The molecule has 0 bridgehead atoms. The van der Waals surface area contributed by atoms with Gasteiger partial charge in [0.2, 0.25) is 0 Å². The number of aryl methyl sites for hydroxylation is 2. The van der Waals surface area contributed by atoms with E-state index >= 15 is 0 Å². The molecule has 2 heterocycles. The van der Waals surface area contributed by atoms with Crippen LogP contribution in [0.4, 0.5) is 0 Å². The van der Waals surface area contributed by atoms with Gasteiger partial charge in [0.25, 0.3) is 10.0 Å². The first-order valence-corrected chi connectivity index (χ1v) is 7.86. The zero-order valence-corrected chi connectivity index (χ0v) is 11.6. The minimum Gasteiger partial charge on any atom is -0.493 e. The lowest BCUT2D eigenvalue weighted by atomic mass is 10.1. The van der Waals surface area contributed by atoms with Crippen molar-refractivity contribution in [2.24, 2.45) is 5.14 Å². The highest BCUT2D eigenvalue weighted by Crippen LogP contribution is 2.26. The Morgan fingerprint density at radius 2 is 2.25 bits per heavy atom. The fraction of sp³-hybridized carbons (Fsp3) is 0.308. The number of imidazole rings is 1. The molecule has 0 amide bonds. The Morgan fingerprint density at radius 1 is 1.40 bits per heavy atom. The first kappa shape index (κ1) is 13.1. The van der Waals surface area contributed by atoms with E-state index in [0.29, 0.717) is 6.54 Å². The van der Waals surface area contributed by atoms with Crippen molar-refractivity contribution in [2.45, 2.75) is 24.4 Å². The summed E-state index contributed by atoms with van der Waals surface area (Å²) < 4.78 is 29.5. The predicted octanol–water partition coefficient (Wildman–Crippen LogP) is 0.708. The standard InChI is InChI=1S/C13H15N3O3S/c14-20(17,18)13-8-16(9-15-13)5-3-10-1-2-12-11(7-10)4-6-19-12/h1-2,7-9H,3-6H2,(H2,14,17,18). The number of nitrogens with two attached hydrogens (primary N) is 1. The van der Waals surface area contributed by atoms with Crippen LogP contribution in [0.2, 0.25) is 0 Å². The van der Waals surface area contributed by atoms with Crippen LogP contribution in [0.5, 0.6) is 5.75 Å². The molecule has 0 fully saturated rings. The molecule has 106 valence electrons. The second-order valence-electron chi connectivity index (χ2n) is 4.79. The summed E-state index contributed by atoms with van der Waals surface area (Å²) in [6, 6.07) is 6.16. The Hall–Kier alpha value is -1.86. The molecule has 6 nitrogen and oxygen atoms in total. The first-order valence-electron chi connectivity index (χ1n) is 6.31. The molecule has 2 aromatic rings. The number of aromatic nitrogens is 2. The maximum absolute atomic E-state index is 11.1. The molecule has 2 N–H and O–H groups in total. The highest BCUT2D eigenvalue weighted by molar-refractivity contribution is 7.89. The maximum atomic E-state index is 11.1. The van der Waals surface area contributed by atoms with Crippen LogP contribution in [-0.4, -0.2) is 24.6 Å². The molecule has 0 atom stereocenters. The topological polar surface area (TPSA) is 87.2 Å². The molecule has 0 saturated carbocycles. The quantitative estimate of drug-likeness (QED) is 0.899. The average Bonchev–Trinajstić information content (AvgIpc) is 3.04. The van der Waals surface area contributed by atoms with Gasteiger partial charge in [-0.2, -0.15) is 0 Å². The minimum atomic E-state index is -3.72. The van der Waals surface area contributed by atoms with Crippen LogP contribution in [0.3, 0.4) is 0 Å². The monoisotopic (exact) mass is 293 g/mol. The number of fused-ring (bicyclic) bond motifs is 1. The number of rotatable bonds is 4. The molecule has 7 heteroatoms. The fourth-order valence-corrected chi connectivity index (χ4v) is 2.74. The number of hydrogen-bond acceptors (Lipinski definition) is 4. The Morgan fingerprint density at radius 3 is 3.00 bits per heavy atom. The van der Waals surface area contributed by atoms with Gasteiger partial charge in [0.1, 0.15) is 5.75 Å². The summed E-state index contributed by atoms with van der Waals surface area (Å²) in [7, 11) is -3.72. The van der Waals surface area contributed by atoms with Crippen LogP contribution in [0.15, 0.2) is 35.7 Å². The number of hydrogen-bond donors (Lipinski definition) is 1. The van der Waals surface area contributed by atoms with Gasteiger partial charge in [-0.3, -0.25) is 0 Å². The maximum Gasteiger partial charge on any atom is 0.257 e. The molecule has 1 aromatic carbocycles. The predicted molar refractivity (Wildman–Crippen MR) is 72.9 cm³/mol. The number of benzene rings is 1. The van der Waals surface area contributed by atoms with Crippen molar-refractivity contribution in [1.82, 2.24) is 9.55 Å². The molecule has 1 aliphatic heterocycles. The third-order valence-corrected chi connectivity index (χ3v) is 4.11. The Balaban J connectivity index is 1.69. The molecule has 1 aliphatic rings. The van der Waals surface area contributed by atoms with E-state index in [1.165, 1.54) is 23.7 Å². The SMILES string of the molecule is NS(=O)(=O)c1cn(CCc2ccc3c(c2)CCO3)cn1. The lowest BCUT2D eigenvalue weighted by Crippen LogP contribution is -2.12. The minimum absolute atomic E-state index is 0.0974. The van der Waals surface area contributed by atoms with E-state index in [0.717, 1.165) is 25.2 Å². The molecule has 20 heavy (non-hydrogen) atoms. The van der Waals surface area contributed by atoms with Gasteiger partial charge >= 0.3 is 0 Å². The van der Waals surface area contributed by atoms with Gasteiger partial charge in [-0.25, -0.2) is 18.5 Å². The average molecular weight is 293 g/mol. The number of primary sulfonamides is 1. The summed E-state index contributed by atoms with van der Waals surface area (Å²) in [5.41, 5.74) is 2.43. The summed E-state index contributed by atoms with van der Waals surface area (Å²) in [6.45, 7) is 1.40. The van der Waals surface area contributed by atoms with Crippen molar-refractivity contribution in [2.75, 3.05) is 6.61 Å². The summed E-state index contributed by atoms with van der Waals surface area (Å²) >= 11 is 0. The zero-order valence-electron chi connectivity index (χ0n) is 10.8. The van der Waals surface area contributed by atoms with Crippen LogP contribution in [0.1, 0.15) is 11.1 Å². The van der Waals surface area contributed by atoms with Crippen molar-refractivity contribution < 1.29 is 13.2 Å². The largest absolute Gasteiger partial charge is 0.493 e. The highest BCUT2D eigenvalue weighted by Gasteiger charge is 2.13. The number of nitrogens with zero attached hydrogens (tertiary/aromatic N) is 2. The number of sulfonamides is 1. The van der Waals surface area contributed by atoms with E-state index in [9.17, 15) is 8.42 Å². The van der Waals surface area contributed by atoms with E-state index in [-0.39, 0.29) is 5.03 Å². The lowest BCUT2D eigenvalue weighted by Gasteiger charge is -2.05. The van der Waals surface area contributed by atoms with Crippen molar-refractivity contribution in [3.05, 3.63) is 41.9 Å². The Bertz CT molecular complexity index is 737. The van der Waals surface area contributed by atoms with Gasteiger partial charge in [0.15, 0.2) is 5.03 Å². The van der Waals surface area contributed by atoms with Gasteiger partial charge < -0.3 is 9.30 Å². The van der Waals surface area contributed by atoms with Gasteiger partial charge in [0.05, 0.1) is 12.9 Å². The Labute approximate surface area is 117 Å². The van der Waals surface area contributed by atoms with Crippen molar-refractivity contribution in [3.63, 3.8) is 0 Å². The van der Waals surface area contributed by atoms with E-state index in [4.69, 9.17) is 9.88 Å². The molecule has 0 unspecified atom stereocenters.